The molecule has 2 fully saturated rings. The predicted molar refractivity (Wildman–Crippen MR) is 139 cm³/mol. The average molecular weight is 530 g/mol. The minimum absolute atomic E-state index is 0.0723. The maximum atomic E-state index is 13.4. The van der Waals surface area contributed by atoms with Gasteiger partial charge >= 0.3 is 5.97 Å². The fraction of sp³-hybridized carbons (Fsp3) is 0.607. The Morgan fingerprint density at radius 3 is 2.29 bits per heavy atom. The molecule has 0 spiro atoms. The van der Waals surface area contributed by atoms with Crippen molar-refractivity contribution >= 4 is 29.5 Å². The fourth-order valence-electron chi connectivity index (χ4n) is 4.56. The van der Waals surface area contributed by atoms with Gasteiger partial charge in [0.2, 0.25) is 17.6 Å². The zero-order valence-corrected chi connectivity index (χ0v) is 22.0. The number of carbonyl (C=O) groups is 5. The summed E-state index contributed by atoms with van der Waals surface area (Å²) in [5.74, 6) is -3.10. The van der Waals surface area contributed by atoms with Gasteiger partial charge in [-0.3, -0.25) is 24.0 Å². The highest BCUT2D eigenvalue weighted by molar-refractivity contribution is 6.38. The second-order valence-electron chi connectivity index (χ2n) is 9.99. The van der Waals surface area contributed by atoms with E-state index in [1.54, 1.807) is 6.92 Å². The second-order valence-corrected chi connectivity index (χ2v) is 9.99. The van der Waals surface area contributed by atoms with E-state index in [4.69, 9.17) is 9.47 Å². The molecule has 10 heteroatoms. The molecule has 0 aromatic heterocycles. The van der Waals surface area contributed by atoms with Crippen molar-refractivity contribution in [1.29, 1.82) is 0 Å². The van der Waals surface area contributed by atoms with E-state index < -0.39 is 42.2 Å². The van der Waals surface area contributed by atoms with Crippen LogP contribution in [0.1, 0.15) is 63.9 Å². The van der Waals surface area contributed by atoms with Gasteiger partial charge in [0.1, 0.15) is 18.6 Å². The maximum absolute atomic E-state index is 13.4. The molecule has 1 aromatic rings. The predicted octanol–water partition coefficient (Wildman–Crippen LogP) is 1.80. The zero-order valence-electron chi connectivity index (χ0n) is 22.0. The van der Waals surface area contributed by atoms with Crippen molar-refractivity contribution in [2.24, 2.45) is 11.8 Å². The van der Waals surface area contributed by atoms with Crippen LogP contribution in [-0.4, -0.2) is 61.3 Å². The number of hydrogen-bond donors (Lipinski definition) is 3. The van der Waals surface area contributed by atoms with Gasteiger partial charge in [0.25, 0.3) is 5.91 Å². The highest BCUT2D eigenvalue weighted by atomic mass is 16.5. The third-order valence-corrected chi connectivity index (χ3v) is 6.83. The number of esters is 1. The Morgan fingerprint density at radius 1 is 0.921 bits per heavy atom. The highest BCUT2D eigenvalue weighted by Gasteiger charge is 2.35. The molecule has 0 aliphatic heterocycles. The first-order chi connectivity index (χ1) is 18.4. The Bertz CT molecular complexity index is 958. The molecule has 1 aromatic carbocycles. The summed E-state index contributed by atoms with van der Waals surface area (Å²) < 4.78 is 10.5. The lowest BCUT2D eigenvalue weighted by Crippen LogP contribution is -2.56. The Labute approximate surface area is 223 Å². The van der Waals surface area contributed by atoms with Gasteiger partial charge in [-0.05, 0) is 37.7 Å². The Balaban J connectivity index is 1.66. The van der Waals surface area contributed by atoms with Crippen LogP contribution in [0.2, 0.25) is 0 Å². The quantitative estimate of drug-likeness (QED) is 0.232. The van der Waals surface area contributed by atoms with Gasteiger partial charge in [0, 0.05) is 5.92 Å². The van der Waals surface area contributed by atoms with E-state index in [9.17, 15) is 24.0 Å². The molecule has 0 unspecified atom stereocenters. The average Bonchev–Trinajstić information content (AvgIpc) is 3.77. The maximum Gasteiger partial charge on any atom is 0.325 e. The van der Waals surface area contributed by atoms with Crippen LogP contribution in [0.5, 0.6) is 0 Å². The molecular formula is C28H39N3O7. The van der Waals surface area contributed by atoms with Crippen molar-refractivity contribution in [1.82, 2.24) is 16.0 Å². The molecule has 3 amide bonds. The number of nitrogens with one attached hydrogen (secondary N) is 3. The van der Waals surface area contributed by atoms with Crippen LogP contribution in [-0.2, 0) is 40.1 Å². The molecule has 2 aliphatic carbocycles. The van der Waals surface area contributed by atoms with Crippen molar-refractivity contribution in [2.45, 2.75) is 77.0 Å². The van der Waals surface area contributed by atoms with Crippen molar-refractivity contribution in [2.75, 3.05) is 19.8 Å². The summed E-state index contributed by atoms with van der Waals surface area (Å²) in [4.78, 5) is 63.0. The summed E-state index contributed by atoms with van der Waals surface area (Å²) in [5, 5.41) is 7.76. The molecule has 0 radical (unpaired) electrons. The molecule has 208 valence electrons. The molecule has 0 saturated heterocycles. The van der Waals surface area contributed by atoms with Gasteiger partial charge in [-0.1, -0.05) is 62.4 Å². The molecule has 2 atom stereocenters. The Morgan fingerprint density at radius 2 is 1.63 bits per heavy atom. The van der Waals surface area contributed by atoms with Crippen molar-refractivity contribution in [3.63, 3.8) is 0 Å². The molecule has 3 rings (SSSR count). The third-order valence-electron chi connectivity index (χ3n) is 6.83. The van der Waals surface area contributed by atoms with Crippen LogP contribution in [0.25, 0.3) is 0 Å². The number of benzene rings is 1. The number of ketones is 1. The van der Waals surface area contributed by atoms with Crippen LogP contribution in [0.4, 0.5) is 0 Å². The summed E-state index contributed by atoms with van der Waals surface area (Å²) in [6.07, 6.45) is 7.40. The molecular weight excluding hydrogens is 490 g/mol. The lowest BCUT2D eigenvalue weighted by atomic mass is 9.84. The molecule has 38 heavy (non-hydrogen) atoms. The first-order valence-corrected chi connectivity index (χ1v) is 13.6. The molecule has 0 heterocycles. The van der Waals surface area contributed by atoms with Gasteiger partial charge in [0.15, 0.2) is 0 Å². The van der Waals surface area contributed by atoms with Gasteiger partial charge in [-0.15, -0.1) is 0 Å². The van der Waals surface area contributed by atoms with E-state index in [0.29, 0.717) is 12.3 Å². The van der Waals surface area contributed by atoms with E-state index in [1.807, 2.05) is 30.3 Å². The van der Waals surface area contributed by atoms with Crippen LogP contribution in [0.15, 0.2) is 30.3 Å². The normalized spacial score (nSPS) is 17.1. The Kier molecular flexibility index (Phi) is 11.7. The van der Waals surface area contributed by atoms with E-state index in [1.165, 1.54) is 0 Å². The lowest BCUT2D eigenvalue weighted by molar-refractivity contribution is -0.146. The smallest absolute Gasteiger partial charge is 0.325 e. The van der Waals surface area contributed by atoms with E-state index in [2.05, 4.69) is 16.0 Å². The standard InChI is InChI=1S/C28H39N3O7/c1-2-38-24(32)16-29-28(36)25(33)23(18-37-17-20-11-7-4-8-12-20)31-27(35)22(30-26(34)21-13-14-21)15-19-9-5-3-6-10-19/h4,7-8,11-12,19,21-23H,2-3,5-6,9-10,13-18H2,1H3,(H,29,36)(H,30,34)(H,31,35)/t22-,23-/m0/s1. The van der Waals surface area contributed by atoms with E-state index in [0.717, 1.165) is 50.5 Å². The first kappa shape index (κ1) is 29.3. The number of hydrogen-bond acceptors (Lipinski definition) is 7. The molecule has 2 saturated carbocycles. The number of amides is 3. The van der Waals surface area contributed by atoms with Crippen LogP contribution in [0.3, 0.4) is 0 Å². The largest absolute Gasteiger partial charge is 0.465 e. The topological polar surface area (TPSA) is 140 Å². The van der Waals surface area contributed by atoms with E-state index >= 15 is 0 Å². The fourth-order valence-corrected chi connectivity index (χ4v) is 4.56. The summed E-state index contributed by atoms with van der Waals surface area (Å²) in [5.41, 5.74) is 0.864. The summed E-state index contributed by atoms with van der Waals surface area (Å²) in [6.45, 7) is 1.23. The number of carbonyl (C=O) groups excluding carboxylic acids is 5. The summed E-state index contributed by atoms with van der Waals surface area (Å²) in [7, 11) is 0. The van der Waals surface area contributed by atoms with Gasteiger partial charge in [0.05, 0.1) is 19.8 Å². The molecule has 2 aliphatic rings. The van der Waals surface area contributed by atoms with Crippen molar-refractivity contribution < 1.29 is 33.4 Å². The van der Waals surface area contributed by atoms with E-state index in [-0.39, 0.29) is 31.6 Å². The van der Waals surface area contributed by atoms with Crippen molar-refractivity contribution in [3.8, 4) is 0 Å². The summed E-state index contributed by atoms with van der Waals surface area (Å²) in [6, 6.07) is 7.18. The molecule has 10 nitrogen and oxygen atoms in total. The summed E-state index contributed by atoms with van der Waals surface area (Å²) >= 11 is 0. The van der Waals surface area contributed by atoms with Crippen LogP contribution >= 0.6 is 0 Å². The number of rotatable bonds is 15. The van der Waals surface area contributed by atoms with Crippen molar-refractivity contribution in [3.05, 3.63) is 35.9 Å². The van der Waals surface area contributed by atoms with Crippen LogP contribution < -0.4 is 16.0 Å². The minimum atomic E-state index is -1.29. The lowest BCUT2D eigenvalue weighted by Gasteiger charge is -2.28. The molecule has 0 bridgehead atoms. The Hall–Kier alpha value is -3.27. The SMILES string of the molecule is CCOC(=O)CNC(=O)C(=O)[C@H](COCc1ccccc1)NC(=O)[C@H](CC1CCCCC1)NC(=O)C1CC1. The minimum Gasteiger partial charge on any atom is -0.465 e. The number of Topliss-reactive ketones (excluding diaryl/α,β-unsaturated/α-hetero) is 1. The zero-order chi connectivity index (χ0) is 27.3. The van der Waals surface area contributed by atoms with Gasteiger partial charge < -0.3 is 25.4 Å². The molecule has 3 N–H and O–H groups in total. The van der Waals surface area contributed by atoms with Gasteiger partial charge in [-0.25, -0.2) is 0 Å². The highest BCUT2D eigenvalue weighted by Crippen LogP contribution is 2.30. The van der Waals surface area contributed by atoms with Gasteiger partial charge in [-0.2, -0.15) is 0 Å². The van der Waals surface area contributed by atoms with Crippen LogP contribution in [0, 0.1) is 11.8 Å². The third kappa shape index (κ3) is 9.89. The second kappa shape index (κ2) is 15.2. The monoisotopic (exact) mass is 529 g/mol. The first-order valence-electron chi connectivity index (χ1n) is 13.6. The number of ether oxygens (including phenoxy) is 2.